The highest BCUT2D eigenvalue weighted by Gasteiger charge is 2.18. The third kappa shape index (κ3) is 5.13. The predicted octanol–water partition coefficient (Wildman–Crippen LogP) is 4.20. The molecule has 0 aliphatic carbocycles. The lowest BCUT2D eigenvalue weighted by atomic mass is 10.1. The van der Waals surface area contributed by atoms with E-state index in [0.717, 1.165) is 10.5 Å². The van der Waals surface area contributed by atoms with Crippen molar-refractivity contribution in [3.63, 3.8) is 0 Å². The van der Waals surface area contributed by atoms with Gasteiger partial charge in [-0.05, 0) is 49.7 Å². The van der Waals surface area contributed by atoms with Gasteiger partial charge in [0.05, 0.1) is 25.5 Å². The molecule has 0 saturated heterocycles. The Labute approximate surface area is 151 Å². The summed E-state index contributed by atoms with van der Waals surface area (Å²) < 4.78 is 23.5. The van der Waals surface area contributed by atoms with Crippen molar-refractivity contribution in [2.24, 2.45) is 0 Å². The molecule has 4 nitrogen and oxygen atoms in total. The highest BCUT2D eigenvalue weighted by Crippen LogP contribution is 2.33. The van der Waals surface area contributed by atoms with Gasteiger partial charge in [-0.1, -0.05) is 12.1 Å². The molecule has 0 aromatic heterocycles. The largest absolute Gasteiger partial charge is 0.493 e. The molecular weight excluding hydrogens is 341 g/mol. The lowest BCUT2D eigenvalue weighted by Crippen LogP contribution is -2.33. The number of carbonyl (C=O) groups excluding carboxylic acids is 1. The maximum atomic E-state index is 13.0. The van der Waals surface area contributed by atoms with Gasteiger partial charge in [0.1, 0.15) is 5.82 Å². The van der Waals surface area contributed by atoms with Gasteiger partial charge in [0.2, 0.25) is 5.91 Å². The van der Waals surface area contributed by atoms with Gasteiger partial charge >= 0.3 is 0 Å². The summed E-state index contributed by atoms with van der Waals surface area (Å²) in [5, 5.41) is 2.66. The van der Waals surface area contributed by atoms with Crippen molar-refractivity contribution in [3.8, 4) is 11.5 Å². The van der Waals surface area contributed by atoms with Gasteiger partial charge in [0.15, 0.2) is 11.5 Å². The molecule has 0 aliphatic rings. The Morgan fingerprint density at radius 1 is 1.04 bits per heavy atom. The average molecular weight is 363 g/mol. The third-order valence-corrected chi connectivity index (χ3v) is 4.86. The first-order chi connectivity index (χ1) is 11.9. The van der Waals surface area contributed by atoms with Crippen LogP contribution in [0.25, 0.3) is 0 Å². The second-order valence-corrected chi connectivity index (χ2v) is 6.97. The van der Waals surface area contributed by atoms with E-state index in [2.05, 4.69) is 5.32 Å². The lowest BCUT2D eigenvalue weighted by molar-refractivity contribution is -0.120. The fourth-order valence-corrected chi connectivity index (χ4v) is 3.22. The van der Waals surface area contributed by atoms with E-state index < -0.39 is 0 Å². The maximum Gasteiger partial charge on any atom is 0.233 e. The molecule has 0 saturated carbocycles. The molecule has 0 unspecified atom stereocenters. The molecule has 2 rings (SSSR count). The Kier molecular flexibility index (Phi) is 6.70. The van der Waals surface area contributed by atoms with Crippen LogP contribution in [0.1, 0.15) is 25.5 Å². The molecule has 0 aliphatic heterocycles. The van der Waals surface area contributed by atoms with Crippen molar-refractivity contribution in [1.29, 1.82) is 0 Å². The Morgan fingerprint density at radius 3 is 2.28 bits per heavy atom. The summed E-state index contributed by atoms with van der Waals surface area (Å²) in [5.41, 5.74) is 0.859. The van der Waals surface area contributed by atoms with Crippen LogP contribution in [0.4, 0.5) is 4.39 Å². The van der Waals surface area contributed by atoms with E-state index in [1.807, 2.05) is 32.0 Å². The van der Waals surface area contributed by atoms with Crippen molar-refractivity contribution in [3.05, 3.63) is 53.8 Å². The van der Waals surface area contributed by atoms with Gasteiger partial charge in [-0.25, -0.2) is 4.39 Å². The van der Waals surface area contributed by atoms with Crippen molar-refractivity contribution in [2.75, 3.05) is 14.2 Å². The minimum atomic E-state index is -0.292. The standard InChI is InChI=1S/C19H22FNO3S/c1-12(14-5-7-15(20)8-6-14)21-19(22)13(2)25-16-9-10-17(23-3)18(11-16)24-4/h5-13H,1-4H3,(H,21,22)/t12-,13-/m1/s1. The number of methoxy groups -OCH3 is 2. The van der Waals surface area contributed by atoms with E-state index >= 15 is 0 Å². The first-order valence-electron chi connectivity index (χ1n) is 7.89. The molecule has 0 spiro atoms. The number of rotatable bonds is 7. The van der Waals surface area contributed by atoms with Crippen LogP contribution in [0, 0.1) is 5.82 Å². The molecule has 134 valence electrons. The second kappa shape index (κ2) is 8.76. The summed E-state index contributed by atoms with van der Waals surface area (Å²) in [4.78, 5) is 13.3. The topological polar surface area (TPSA) is 47.6 Å². The van der Waals surface area contributed by atoms with Crippen LogP contribution in [0.15, 0.2) is 47.4 Å². The first kappa shape index (κ1) is 19.1. The number of hydrogen-bond donors (Lipinski definition) is 1. The zero-order chi connectivity index (χ0) is 18.4. The van der Waals surface area contributed by atoms with Crippen molar-refractivity contribution >= 4 is 17.7 Å². The van der Waals surface area contributed by atoms with E-state index in [9.17, 15) is 9.18 Å². The molecule has 0 radical (unpaired) electrons. The number of carbonyl (C=O) groups is 1. The molecule has 2 aromatic rings. The third-order valence-electron chi connectivity index (χ3n) is 3.77. The highest BCUT2D eigenvalue weighted by molar-refractivity contribution is 8.00. The number of halogens is 1. The summed E-state index contributed by atoms with van der Waals surface area (Å²) in [5.74, 6) is 0.893. The number of benzene rings is 2. The van der Waals surface area contributed by atoms with Crippen LogP contribution in [0.2, 0.25) is 0 Å². The van der Waals surface area contributed by atoms with Crippen molar-refractivity contribution < 1.29 is 18.7 Å². The van der Waals surface area contributed by atoms with E-state index in [4.69, 9.17) is 9.47 Å². The Bertz CT molecular complexity index is 721. The minimum absolute atomic E-state index is 0.0865. The quantitative estimate of drug-likeness (QED) is 0.749. The van der Waals surface area contributed by atoms with Crippen LogP contribution < -0.4 is 14.8 Å². The minimum Gasteiger partial charge on any atom is -0.493 e. The summed E-state index contributed by atoms with van der Waals surface area (Å²) in [6, 6.07) is 11.5. The zero-order valence-electron chi connectivity index (χ0n) is 14.7. The molecule has 1 amide bonds. The van der Waals surface area contributed by atoms with Crippen LogP contribution >= 0.6 is 11.8 Å². The smallest absolute Gasteiger partial charge is 0.233 e. The number of nitrogens with one attached hydrogen (secondary N) is 1. The molecule has 2 aromatic carbocycles. The molecular formula is C19H22FNO3S. The Hall–Kier alpha value is -2.21. The monoisotopic (exact) mass is 363 g/mol. The molecule has 1 N–H and O–H groups in total. The highest BCUT2D eigenvalue weighted by atomic mass is 32.2. The fraction of sp³-hybridized carbons (Fsp3) is 0.316. The molecule has 0 heterocycles. The van der Waals surface area contributed by atoms with Crippen LogP contribution in [-0.2, 0) is 4.79 Å². The van der Waals surface area contributed by atoms with Gasteiger partial charge < -0.3 is 14.8 Å². The Balaban J connectivity index is 1.99. The first-order valence-corrected chi connectivity index (χ1v) is 8.77. The van der Waals surface area contributed by atoms with E-state index in [1.165, 1.54) is 23.9 Å². The van der Waals surface area contributed by atoms with E-state index in [-0.39, 0.29) is 23.0 Å². The average Bonchev–Trinajstić information content (AvgIpc) is 2.61. The lowest BCUT2D eigenvalue weighted by Gasteiger charge is -2.18. The molecule has 6 heteroatoms. The van der Waals surface area contributed by atoms with Crippen molar-refractivity contribution in [1.82, 2.24) is 5.32 Å². The van der Waals surface area contributed by atoms with Crippen LogP contribution in [0.5, 0.6) is 11.5 Å². The second-order valence-electron chi connectivity index (χ2n) is 5.56. The Morgan fingerprint density at radius 2 is 1.68 bits per heavy atom. The van der Waals surface area contributed by atoms with Crippen LogP contribution in [0.3, 0.4) is 0 Å². The molecule has 0 fully saturated rings. The summed E-state index contributed by atoms with van der Waals surface area (Å²) in [6.45, 7) is 3.72. The van der Waals surface area contributed by atoms with Gasteiger partial charge in [0, 0.05) is 4.90 Å². The van der Waals surface area contributed by atoms with E-state index in [1.54, 1.807) is 26.4 Å². The number of amides is 1. The van der Waals surface area contributed by atoms with Gasteiger partial charge in [-0.2, -0.15) is 0 Å². The maximum absolute atomic E-state index is 13.0. The summed E-state index contributed by atoms with van der Waals surface area (Å²) in [7, 11) is 3.16. The van der Waals surface area contributed by atoms with Crippen LogP contribution in [-0.4, -0.2) is 25.4 Å². The number of thioether (sulfide) groups is 1. The predicted molar refractivity (Wildman–Crippen MR) is 97.8 cm³/mol. The number of hydrogen-bond acceptors (Lipinski definition) is 4. The zero-order valence-corrected chi connectivity index (χ0v) is 15.5. The molecule has 0 bridgehead atoms. The number of ether oxygens (including phenoxy) is 2. The summed E-state index contributed by atoms with van der Waals surface area (Å²) in [6.07, 6.45) is 0. The molecule has 25 heavy (non-hydrogen) atoms. The van der Waals surface area contributed by atoms with Gasteiger partial charge in [0.25, 0.3) is 0 Å². The molecule has 2 atom stereocenters. The van der Waals surface area contributed by atoms with Crippen molar-refractivity contribution in [2.45, 2.75) is 30.0 Å². The SMILES string of the molecule is COc1ccc(S[C@H](C)C(=O)N[C@H](C)c2ccc(F)cc2)cc1OC. The summed E-state index contributed by atoms with van der Waals surface area (Å²) >= 11 is 1.43. The fourth-order valence-electron chi connectivity index (χ4n) is 2.31. The van der Waals surface area contributed by atoms with Gasteiger partial charge in [-0.15, -0.1) is 11.8 Å². The normalized spacial score (nSPS) is 13.0. The van der Waals surface area contributed by atoms with Gasteiger partial charge in [-0.3, -0.25) is 4.79 Å². The van der Waals surface area contributed by atoms with E-state index in [0.29, 0.717) is 11.5 Å².